The van der Waals surface area contributed by atoms with Crippen LogP contribution in [-0.2, 0) is 4.74 Å². The summed E-state index contributed by atoms with van der Waals surface area (Å²) in [6.45, 7) is 7.83. The van der Waals surface area contributed by atoms with Crippen molar-refractivity contribution in [1.82, 2.24) is 4.98 Å². The van der Waals surface area contributed by atoms with Crippen LogP contribution in [0.15, 0.2) is 0 Å². The van der Waals surface area contributed by atoms with E-state index >= 15 is 0 Å². The maximum Gasteiger partial charge on any atom is 0.339 e. The molecule has 1 aromatic heterocycles. The van der Waals surface area contributed by atoms with E-state index in [0.29, 0.717) is 34.5 Å². The standard InChI is InChI=1S/C18H28N2O3/c1-10-8-6-7-9-14(10)19-13(4)17(21)16-11(2)15(12(3)20-16)18(22)23-5/h10,13-14,19-20H,6-9H2,1-5H3/p+1/t10-,13+,14-/m0/s1. The number of nitrogens with two attached hydrogens (primary N) is 1. The van der Waals surface area contributed by atoms with Gasteiger partial charge in [-0.1, -0.05) is 13.3 Å². The van der Waals surface area contributed by atoms with Crippen LogP contribution >= 0.6 is 0 Å². The fourth-order valence-corrected chi connectivity index (χ4v) is 3.72. The number of hydrogen-bond donors (Lipinski definition) is 2. The minimum Gasteiger partial charge on any atom is -0.465 e. The molecule has 1 aromatic rings. The average molecular weight is 321 g/mol. The Morgan fingerprint density at radius 1 is 1.26 bits per heavy atom. The van der Waals surface area contributed by atoms with Gasteiger partial charge in [0.2, 0.25) is 5.78 Å². The summed E-state index contributed by atoms with van der Waals surface area (Å²) < 4.78 is 4.81. The van der Waals surface area contributed by atoms with E-state index in [1.807, 2.05) is 6.92 Å². The fourth-order valence-electron chi connectivity index (χ4n) is 3.72. The molecule has 128 valence electrons. The molecule has 0 aromatic carbocycles. The zero-order chi connectivity index (χ0) is 17.1. The normalized spacial score (nSPS) is 22.7. The maximum atomic E-state index is 12.8. The number of hydrogen-bond acceptors (Lipinski definition) is 3. The van der Waals surface area contributed by atoms with Gasteiger partial charge in [-0.2, -0.15) is 0 Å². The molecule has 1 aliphatic carbocycles. The third kappa shape index (κ3) is 3.66. The van der Waals surface area contributed by atoms with Crippen LogP contribution in [0.2, 0.25) is 0 Å². The first-order chi connectivity index (χ1) is 10.9. The number of carbonyl (C=O) groups is 2. The predicted octanol–water partition coefficient (Wildman–Crippen LogP) is 2.13. The van der Waals surface area contributed by atoms with Gasteiger partial charge >= 0.3 is 5.97 Å². The molecule has 3 atom stereocenters. The Bertz CT molecular complexity index is 591. The molecule has 1 saturated carbocycles. The highest BCUT2D eigenvalue weighted by molar-refractivity contribution is 6.03. The van der Waals surface area contributed by atoms with Crippen LogP contribution in [-0.4, -0.2) is 35.9 Å². The molecule has 23 heavy (non-hydrogen) atoms. The van der Waals surface area contributed by atoms with E-state index in [9.17, 15) is 9.59 Å². The Hall–Kier alpha value is -1.62. The number of nitrogens with one attached hydrogen (secondary N) is 1. The van der Waals surface area contributed by atoms with Gasteiger partial charge in [-0.25, -0.2) is 4.79 Å². The number of aromatic nitrogens is 1. The molecule has 0 aliphatic heterocycles. The summed E-state index contributed by atoms with van der Waals surface area (Å²) in [5.74, 6) is 0.308. The smallest absolute Gasteiger partial charge is 0.339 e. The van der Waals surface area contributed by atoms with Crippen molar-refractivity contribution in [2.24, 2.45) is 5.92 Å². The average Bonchev–Trinajstić information content (AvgIpc) is 2.82. The van der Waals surface area contributed by atoms with E-state index in [0.717, 1.165) is 0 Å². The van der Waals surface area contributed by atoms with E-state index in [1.54, 1.807) is 13.8 Å². The quantitative estimate of drug-likeness (QED) is 0.644. The summed E-state index contributed by atoms with van der Waals surface area (Å²) in [5.41, 5.74) is 2.40. The van der Waals surface area contributed by atoms with Gasteiger partial charge in [-0.05, 0) is 45.6 Å². The van der Waals surface area contributed by atoms with Crippen LogP contribution < -0.4 is 5.32 Å². The van der Waals surface area contributed by atoms with Crippen LogP contribution in [0, 0.1) is 19.8 Å². The molecular weight excluding hydrogens is 292 g/mol. The summed E-state index contributed by atoms with van der Waals surface area (Å²) in [5, 5.41) is 2.21. The lowest BCUT2D eigenvalue weighted by molar-refractivity contribution is -0.713. The minimum atomic E-state index is -0.396. The van der Waals surface area contributed by atoms with Crippen molar-refractivity contribution in [2.45, 2.75) is 65.5 Å². The Kier molecular flexibility index (Phi) is 5.63. The number of H-pyrrole nitrogens is 1. The number of ketones is 1. The van der Waals surface area contributed by atoms with Crippen LogP contribution in [0.25, 0.3) is 0 Å². The Labute approximate surface area is 138 Å². The molecule has 1 fully saturated rings. The van der Waals surface area contributed by atoms with E-state index in [-0.39, 0.29) is 11.8 Å². The van der Waals surface area contributed by atoms with Gasteiger partial charge in [-0.15, -0.1) is 0 Å². The van der Waals surface area contributed by atoms with Crippen LogP contribution in [0.1, 0.15) is 71.6 Å². The molecule has 0 amide bonds. The third-order valence-electron chi connectivity index (χ3n) is 5.20. The zero-order valence-corrected chi connectivity index (χ0v) is 14.9. The molecule has 2 rings (SSSR count). The van der Waals surface area contributed by atoms with Gasteiger partial charge in [0, 0.05) is 11.6 Å². The number of aryl methyl sites for hydroxylation is 1. The SMILES string of the molecule is COC(=O)c1c(C)[nH]c(C(=O)[C@@H](C)[NH2+][C@H]2CCCC[C@@H]2C)c1C. The van der Waals surface area contributed by atoms with Crippen molar-refractivity contribution in [3.8, 4) is 0 Å². The van der Waals surface area contributed by atoms with Gasteiger partial charge < -0.3 is 15.0 Å². The van der Waals surface area contributed by atoms with Crippen molar-refractivity contribution >= 4 is 11.8 Å². The highest BCUT2D eigenvalue weighted by Gasteiger charge is 2.31. The molecular formula is C18H29N2O3+. The number of quaternary nitrogens is 1. The van der Waals surface area contributed by atoms with Crippen molar-refractivity contribution < 1.29 is 19.6 Å². The largest absolute Gasteiger partial charge is 0.465 e. The van der Waals surface area contributed by atoms with E-state index in [4.69, 9.17) is 4.74 Å². The van der Waals surface area contributed by atoms with Gasteiger partial charge in [0.15, 0.2) is 0 Å². The summed E-state index contributed by atoms with van der Waals surface area (Å²) in [4.78, 5) is 27.8. The van der Waals surface area contributed by atoms with Crippen LogP contribution in [0.3, 0.4) is 0 Å². The molecule has 0 bridgehead atoms. The third-order valence-corrected chi connectivity index (χ3v) is 5.20. The maximum absolute atomic E-state index is 12.8. The molecule has 0 saturated heterocycles. The predicted molar refractivity (Wildman–Crippen MR) is 88.7 cm³/mol. The van der Waals surface area contributed by atoms with Crippen molar-refractivity contribution in [2.75, 3.05) is 7.11 Å². The first-order valence-corrected chi connectivity index (χ1v) is 8.53. The van der Waals surface area contributed by atoms with Gasteiger partial charge in [-0.3, -0.25) is 4.79 Å². The molecule has 3 N–H and O–H groups in total. The van der Waals surface area contributed by atoms with Crippen molar-refractivity contribution in [3.05, 3.63) is 22.5 Å². The molecule has 5 heteroatoms. The summed E-state index contributed by atoms with van der Waals surface area (Å²) >= 11 is 0. The van der Waals surface area contributed by atoms with Crippen molar-refractivity contribution in [3.63, 3.8) is 0 Å². The summed E-state index contributed by atoms with van der Waals surface area (Å²) in [6.07, 6.45) is 4.97. The highest BCUT2D eigenvalue weighted by Crippen LogP contribution is 2.22. The number of esters is 1. The number of aromatic amines is 1. The monoisotopic (exact) mass is 321 g/mol. The molecule has 5 nitrogen and oxygen atoms in total. The van der Waals surface area contributed by atoms with Gasteiger partial charge in [0.05, 0.1) is 24.4 Å². The van der Waals surface area contributed by atoms with E-state index in [1.165, 1.54) is 32.8 Å². The van der Waals surface area contributed by atoms with Crippen LogP contribution in [0.4, 0.5) is 0 Å². The second-order valence-corrected chi connectivity index (χ2v) is 6.89. The summed E-state index contributed by atoms with van der Waals surface area (Å²) in [6, 6.07) is 0.363. The lowest BCUT2D eigenvalue weighted by atomic mass is 9.85. The molecule has 1 aliphatic rings. The van der Waals surface area contributed by atoms with E-state index < -0.39 is 5.97 Å². The topological polar surface area (TPSA) is 75.8 Å². The minimum absolute atomic E-state index is 0.0542. The lowest BCUT2D eigenvalue weighted by Crippen LogP contribution is -2.97. The second kappa shape index (κ2) is 7.30. The number of rotatable bonds is 5. The zero-order valence-electron chi connectivity index (χ0n) is 14.9. The summed E-state index contributed by atoms with van der Waals surface area (Å²) in [7, 11) is 1.36. The second-order valence-electron chi connectivity index (χ2n) is 6.89. The first kappa shape index (κ1) is 17.7. The first-order valence-electron chi connectivity index (χ1n) is 8.53. The molecule has 0 unspecified atom stereocenters. The fraction of sp³-hybridized carbons (Fsp3) is 0.667. The number of Topliss-reactive ketones (excluding diaryl/α,β-unsaturated/α-hetero) is 1. The van der Waals surface area contributed by atoms with Gasteiger partial charge in [0.25, 0.3) is 0 Å². The Morgan fingerprint density at radius 3 is 2.52 bits per heavy atom. The lowest BCUT2D eigenvalue weighted by Gasteiger charge is -2.28. The Balaban J connectivity index is 2.15. The van der Waals surface area contributed by atoms with Crippen LogP contribution in [0.5, 0.6) is 0 Å². The van der Waals surface area contributed by atoms with Gasteiger partial charge in [0.1, 0.15) is 6.04 Å². The molecule has 0 radical (unpaired) electrons. The molecule has 1 heterocycles. The Morgan fingerprint density at radius 2 is 1.91 bits per heavy atom. The number of ether oxygens (including phenoxy) is 1. The van der Waals surface area contributed by atoms with E-state index in [2.05, 4.69) is 17.2 Å². The highest BCUT2D eigenvalue weighted by atomic mass is 16.5. The number of methoxy groups -OCH3 is 1. The molecule has 0 spiro atoms. The van der Waals surface area contributed by atoms with Crippen molar-refractivity contribution in [1.29, 1.82) is 0 Å². The number of carbonyl (C=O) groups excluding carboxylic acids is 2.